The van der Waals surface area contributed by atoms with Gasteiger partial charge in [0.2, 0.25) is 0 Å². The Bertz CT molecular complexity index is 505. The number of ether oxygens (including phenoxy) is 2. The van der Waals surface area contributed by atoms with Crippen LogP contribution in [0.2, 0.25) is 0 Å². The Morgan fingerprint density at radius 2 is 1.90 bits per heavy atom. The zero-order valence-electron chi connectivity index (χ0n) is 12.1. The maximum Gasteiger partial charge on any atom is 0.410 e. The van der Waals surface area contributed by atoms with Gasteiger partial charge in [0.05, 0.1) is 24.5 Å². The summed E-state index contributed by atoms with van der Waals surface area (Å²) in [5.41, 5.74) is 11.9. The van der Waals surface area contributed by atoms with E-state index in [0.717, 1.165) is 0 Å². The number of carbonyl (C=O) groups is 1. The first-order chi connectivity index (χ1) is 9.24. The van der Waals surface area contributed by atoms with Crippen molar-refractivity contribution in [2.45, 2.75) is 32.5 Å². The summed E-state index contributed by atoms with van der Waals surface area (Å²) in [5.74, 6) is 0.658. The van der Waals surface area contributed by atoms with Gasteiger partial charge in [0, 0.05) is 6.07 Å². The largest absolute Gasteiger partial charge is 0.487 e. The topological polar surface area (TPSA) is 90.8 Å². The van der Waals surface area contributed by atoms with Crippen molar-refractivity contribution in [2.75, 3.05) is 24.6 Å². The fourth-order valence-corrected chi connectivity index (χ4v) is 1.81. The SMILES string of the molecule is CC(C)(C)OC(=O)N1CC(Oc2ccc(N)c(N)c2)C1. The Labute approximate surface area is 118 Å². The van der Waals surface area contributed by atoms with Gasteiger partial charge in [-0.3, -0.25) is 0 Å². The number of benzene rings is 1. The maximum absolute atomic E-state index is 11.7. The Morgan fingerprint density at radius 1 is 1.25 bits per heavy atom. The van der Waals surface area contributed by atoms with E-state index in [1.165, 1.54) is 0 Å². The van der Waals surface area contributed by atoms with Crippen LogP contribution < -0.4 is 16.2 Å². The molecule has 0 aliphatic carbocycles. The summed E-state index contributed by atoms with van der Waals surface area (Å²) < 4.78 is 11.0. The Kier molecular flexibility index (Phi) is 3.65. The molecule has 110 valence electrons. The van der Waals surface area contributed by atoms with Crippen molar-refractivity contribution >= 4 is 17.5 Å². The highest BCUT2D eigenvalue weighted by atomic mass is 16.6. The molecular weight excluding hydrogens is 258 g/mol. The van der Waals surface area contributed by atoms with E-state index in [1.807, 2.05) is 20.8 Å². The van der Waals surface area contributed by atoms with Crippen molar-refractivity contribution in [3.8, 4) is 5.75 Å². The highest BCUT2D eigenvalue weighted by molar-refractivity contribution is 5.69. The minimum atomic E-state index is -0.478. The van der Waals surface area contributed by atoms with Gasteiger partial charge in [-0.25, -0.2) is 4.79 Å². The van der Waals surface area contributed by atoms with Crippen LogP contribution in [0.5, 0.6) is 5.75 Å². The van der Waals surface area contributed by atoms with Crippen molar-refractivity contribution in [2.24, 2.45) is 0 Å². The maximum atomic E-state index is 11.7. The molecule has 2 rings (SSSR count). The van der Waals surface area contributed by atoms with E-state index in [9.17, 15) is 4.79 Å². The molecule has 1 aromatic rings. The second kappa shape index (κ2) is 5.11. The molecule has 1 heterocycles. The summed E-state index contributed by atoms with van der Waals surface area (Å²) in [7, 11) is 0. The van der Waals surface area contributed by atoms with Crippen LogP contribution in [-0.4, -0.2) is 35.8 Å². The van der Waals surface area contributed by atoms with Crippen molar-refractivity contribution < 1.29 is 14.3 Å². The van der Waals surface area contributed by atoms with Gasteiger partial charge in [0.25, 0.3) is 0 Å². The average Bonchev–Trinajstić information content (AvgIpc) is 2.25. The first kappa shape index (κ1) is 14.3. The fraction of sp³-hybridized carbons (Fsp3) is 0.500. The molecular formula is C14H21N3O3. The number of anilines is 2. The lowest BCUT2D eigenvalue weighted by atomic mass is 10.1. The molecule has 0 saturated carbocycles. The van der Waals surface area contributed by atoms with Crippen LogP contribution >= 0.6 is 0 Å². The average molecular weight is 279 g/mol. The van der Waals surface area contributed by atoms with E-state index < -0.39 is 5.60 Å². The van der Waals surface area contributed by atoms with Crippen LogP contribution in [0, 0.1) is 0 Å². The predicted octanol–water partition coefficient (Wildman–Crippen LogP) is 1.85. The van der Waals surface area contributed by atoms with E-state index in [0.29, 0.717) is 30.2 Å². The molecule has 0 spiro atoms. The van der Waals surface area contributed by atoms with Gasteiger partial charge in [0.15, 0.2) is 0 Å². The lowest BCUT2D eigenvalue weighted by Crippen LogP contribution is -2.57. The van der Waals surface area contributed by atoms with Gasteiger partial charge in [-0.05, 0) is 32.9 Å². The second-order valence-corrected chi connectivity index (χ2v) is 5.92. The molecule has 0 unspecified atom stereocenters. The molecule has 0 radical (unpaired) electrons. The van der Waals surface area contributed by atoms with Gasteiger partial charge in [-0.2, -0.15) is 0 Å². The molecule has 6 heteroatoms. The zero-order chi connectivity index (χ0) is 14.9. The fourth-order valence-electron chi connectivity index (χ4n) is 1.81. The van der Waals surface area contributed by atoms with Crippen molar-refractivity contribution in [3.05, 3.63) is 18.2 Å². The van der Waals surface area contributed by atoms with Crippen LogP contribution in [0.15, 0.2) is 18.2 Å². The molecule has 1 fully saturated rings. The number of amides is 1. The van der Waals surface area contributed by atoms with E-state index in [2.05, 4.69) is 0 Å². The molecule has 0 atom stereocenters. The van der Waals surface area contributed by atoms with Gasteiger partial charge in [0.1, 0.15) is 17.5 Å². The third kappa shape index (κ3) is 3.46. The van der Waals surface area contributed by atoms with Gasteiger partial charge in [-0.1, -0.05) is 0 Å². The smallest absolute Gasteiger partial charge is 0.410 e. The van der Waals surface area contributed by atoms with Gasteiger partial charge in [-0.15, -0.1) is 0 Å². The Balaban J connectivity index is 1.82. The normalized spacial score (nSPS) is 15.7. The number of likely N-dealkylation sites (tertiary alicyclic amines) is 1. The number of carbonyl (C=O) groups excluding carboxylic acids is 1. The first-order valence-corrected chi connectivity index (χ1v) is 6.54. The summed E-state index contributed by atoms with van der Waals surface area (Å²) in [6.07, 6.45) is -0.347. The third-order valence-electron chi connectivity index (χ3n) is 2.86. The van der Waals surface area contributed by atoms with Crippen LogP contribution in [0.4, 0.5) is 16.2 Å². The number of rotatable bonds is 2. The highest BCUT2D eigenvalue weighted by Crippen LogP contribution is 2.25. The zero-order valence-corrected chi connectivity index (χ0v) is 12.1. The minimum absolute atomic E-state index is 0.0365. The molecule has 1 saturated heterocycles. The van der Waals surface area contributed by atoms with Crippen LogP contribution in [0.3, 0.4) is 0 Å². The van der Waals surface area contributed by atoms with E-state index in [-0.39, 0.29) is 12.2 Å². The molecule has 1 aromatic carbocycles. The van der Waals surface area contributed by atoms with E-state index in [1.54, 1.807) is 23.1 Å². The summed E-state index contributed by atoms with van der Waals surface area (Å²) in [5, 5.41) is 0. The van der Waals surface area contributed by atoms with E-state index in [4.69, 9.17) is 20.9 Å². The molecule has 0 aromatic heterocycles. The van der Waals surface area contributed by atoms with Crippen molar-refractivity contribution in [1.82, 2.24) is 4.90 Å². The van der Waals surface area contributed by atoms with Crippen molar-refractivity contribution in [1.29, 1.82) is 0 Å². The van der Waals surface area contributed by atoms with Gasteiger partial charge < -0.3 is 25.8 Å². The van der Waals surface area contributed by atoms with Crippen LogP contribution in [-0.2, 0) is 4.74 Å². The Hall–Kier alpha value is -2.11. The number of nitrogen functional groups attached to an aromatic ring is 2. The molecule has 0 bridgehead atoms. The summed E-state index contributed by atoms with van der Waals surface area (Å²) in [4.78, 5) is 13.4. The summed E-state index contributed by atoms with van der Waals surface area (Å²) in [6, 6.07) is 5.16. The third-order valence-corrected chi connectivity index (χ3v) is 2.86. The van der Waals surface area contributed by atoms with Crippen LogP contribution in [0.25, 0.3) is 0 Å². The lowest BCUT2D eigenvalue weighted by molar-refractivity contribution is -0.0221. The molecule has 4 N–H and O–H groups in total. The summed E-state index contributed by atoms with van der Waals surface area (Å²) in [6.45, 7) is 6.56. The Morgan fingerprint density at radius 3 is 2.45 bits per heavy atom. The number of hydrogen-bond acceptors (Lipinski definition) is 5. The quantitative estimate of drug-likeness (QED) is 0.806. The molecule has 6 nitrogen and oxygen atoms in total. The second-order valence-electron chi connectivity index (χ2n) is 5.92. The first-order valence-electron chi connectivity index (χ1n) is 6.54. The lowest BCUT2D eigenvalue weighted by Gasteiger charge is -2.39. The molecule has 1 amide bonds. The number of hydrogen-bond donors (Lipinski definition) is 2. The number of nitrogens with zero attached hydrogens (tertiary/aromatic N) is 1. The van der Waals surface area contributed by atoms with Gasteiger partial charge >= 0.3 is 6.09 Å². The molecule has 1 aliphatic heterocycles. The monoisotopic (exact) mass is 279 g/mol. The minimum Gasteiger partial charge on any atom is -0.487 e. The van der Waals surface area contributed by atoms with Crippen molar-refractivity contribution in [3.63, 3.8) is 0 Å². The van der Waals surface area contributed by atoms with E-state index >= 15 is 0 Å². The standard InChI is InChI=1S/C14H21N3O3/c1-14(2,3)20-13(18)17-7-10(8-17)19-9-4-5-11(15)12(16)6-9/h4-6,10H,7-8,15-16H2,1-3H3. The predicted molar refractivity (Wildman–Crippen MR) is 77.5 cm³/mol. The number of nitrogens with two attached hydrogens (primary N) is 2. The molecule has 1 aliphatic rings. The molecule has 20 heavy (non-hydrogen) atoms. The highest BCUT2D eigenvalue weighted by Gasteiger charge is 2.35. The summed E-state index contributed by atoms with van der Waals surface area (Å²) >= 11 is 0. The van der Waals surface area contributed by atoms with Crippen LogP contribution in [0.1, 0.15) is 20.8 Å².